The molecule has 1 aromatic heterocycles. The van der Waals surface area contributed by atoms with Gasteiger partial charge in [0.1, 0.15) is 18.1 Å². The number of amides is 3. The van der Waals surface area contributed by atoms with Gasteiger partial charge in [0.25, 0.3) is 0 Å². The van der Waals surface area contributed by atoms with E-state index < -0.39 is 47.9 Å². The number of aliphatic imine (C=N–C) groups is 1. The number of guanidine groups is 1. The predicted octanol–water partition coefficient (Wildman–Crippen LogP) is -0.304. The lowest BCUT2D eigenvalue weighted by Crippen LogP contribution is -2.56. The number of benzene rings is 1. The number of carbonyl (C=O) groups excluding carboxylic acids is 3. The first-order chi connectivity index (χ1) is 18.4. The summed E-state index contributed by atoms with van der Waals surface area (Å²) in [7, 11) is 0. The lowest BCUT2D eigenvalue weighted by atomic mass is 10.0. The molecule has 39 heavy (non-hydrogen) atoms. The summed E-state index contributed by atoms with van der Waals surface area (Å²) < 4.78 is 0. The van der Waals surface area contributed by atoms with Crippen LogP contribution < -0.4 is 33.2 Å². The zero-order chi connectivity index (χ0) is 29.1. The number of carboxylic acid groups (broad SMARTS) is 1. The maximum atomic E-state index is 13.0. The Bertz CT molecular complexity index is 1170. The Morgan fingerprint density at radius 3 is 2.28 bits per heavy atom. The van der Waals surface area contributed by atoms with Crippen LogP contribution in [0.1, 0.15) is 45.6 Å². The van der Waals surface area contributed by atoms with Crippen LogP contribution in [0.4, 0.5) is 0 Å². The molecule has 13 heteroatoms. The van der Waals surface area contributed by atoms with Crippen molar-refractivity contribution in [1.82, 2.24) is 20.9 Å². The minimum atomic E-state index is -1.22. The van der Waals surface area contributed by atoms with Crippen LogP contribution in [0.3, 0.4) is 0 Å². The van der Waals surface area contributed by atoms with E-state index in [0.29, 0.717) is 12.8 Å². The van der Waals surface area contributed by atoms with E-state index >= 15 is 0 Å². The Kier molecular flexibility index (Phi) is 11.7. The molecule has 0 aliphatic carbocycles. The number of fused-ring (bicyclic) bond motifs is 1. The van der Waals surface area contributed by atoms with Crippen LogP contribution in [0.15, 0.2) is 35.5 Å². The van der Waals surface area contributed by atoms with Crippen LogP contribution in [0.5, 0.6) is 0 Å². The summed E-state index contributed by atoms with van der Waals surface area (Å²) in [5, 5.41) is 18.1. The molecule has 1 heterocycles. The Balaban J connectivity index is 1.97. The number of aliphatic carboxylic acids is 1. The number of carboxylic acids is 1. The molecule has 2 aromatic rings. The molecule has 0 saturated carbocycles. The summed E-state index contributed by atoms with van der Waals surface area (Å²) in [6.45, 7) is 5.44. The molecular weight excluding hydrogens is 504 g/mol. The molecule has 13 nitrogen and oxygen atoms in total. The number of hydrogen-bond acceptors (Lipinski definition) is 6. The predicted molar refractivity (Wildman–Crippen MR) is 148 cm³/mol. The topological polar surface area (TPSA) is 231 Å². The van der Waals surface area contributed by atoms with Crippen LogP contribution in [-0.2, 0) is 25.6 Å². The zero-order valence-corrected chi connectivity index (χ0v) is 22.6. The highest BCUT2D eigenvalue weighted by atomic mass is 16.4. The third kappa shape index (κ3) is 9.93. The van der Waals surface area contributed by atoms with Gasteiger partial charge in [0.05, 0.1) is 6.04 Å². The molecule has 3 amide bonds. The Morgan fingerprint density at radius 2 is 1.64 bits per heavy atom. The summed E-state index contributed by atoms with van der Waals surface area (Å²) in [4.78, 5) is 57.1. The first-order valence-electron chi connectivity index (χ1n) is 12.9. The molecule has 0 aliphatic heterocycles. The van der Waals surface area contributed by atoms with Crippen LogP contribution in [0, 0.1) is 5.92 Å². The summed E-state index contributed by atoms with van der Waals surface area (Å²) >= 11 is 0. The number of nitrogens with zero attached hydrogens (tertiary/aromatic N) is 1. The second-order valence-electron chi connectivity index (χ2n) is 9.94. The quantitative estimate of drug-likeness (QED) is 0.0840. The summed E-state index contributed by atoms with van der Waals surface area (Å²) in [6.07, 6.45) is 2.82. The number of aromatic nitrogens is 1. The maximum absolute atomic E-state index is 13.0. The van der Waals surface area contributed by atoms with Gasteiger partial charge in [0, 0.05) is 23.6 Å². The van der Waals surface area contributed by atoms with Gasteiger partial charge in [0.2, 0.25) is 17.7 Å². The Labute approximate surface area is 227 Å². The highest BCUT2D eigenvalue weighted by Crippen LogP contribution is 2.19. The largest absolute Gasteiger partial charge is 0.480 e. The van der Waals surface area contributed by atoms with Gasteiger partial charge in [-0.25, -0.2) is 4.79 Å². The molecule has 0 radical (unpaired) electrons. The third-order valence-electron chi connectivity index (χ3n) is 6.10. The lowest BCUT2D eigenvalue weighted by molar-refractivity contribution is -0.142. The number of nitrogens with one attached hydrogen (secondary N) is 4. The highest BCUT2D eigenvalue weighted by molar-refractivity contribution is 5.94. The highest BCUT2D eigenvalue weighted by Gasteiger charge is 2.29. The maximum Gasteiger partial charge on any atom is 0.326 e. The van der Waals surface area contributed by atoms with E-state index in [1.54, 1.807) is 0 Å². The Morgan fingerprint density at radius 1 is 0.974 bits per heavy atom. The van der Waals surface area contributed by atoms with Crippen molar-refractivity contribution in [3.05, 3.63) is 36.0 Å². The number of H-pyrrole nitrogens is 1. The van der Waals surface area contributed by atoms with Crippen molar-refractivity contribution < 1.29 is 24.3 Å². The Hall–Kier alpha value is -4.13. The van der Waals surface area contributed by atoms with Crippen LogP contribution in [-0.4, -0.2) is 70.5 Å². The van der Waals surface area contributed by atoms with Crippen molar-refractivity contribution in [2.45, 2.75) is 70.6 Å². The fourth-order valence-electron chi connectivity index (χ4n) is 4.05. The van der Waals surface area contributed by atoms with Crippen molar-refractivity contribution in [1.29, 1.82) is 0 Å². The van der Waals surface area contributed by atoms with E-state index in [2.05, 4.69) is 25.9 Å². The molecule has 1 aromatic carbocycles. The molecule has 11 N–H and O–H groups in total. The van der Waals surface area contributed by atoms with Gasteiger partial charge in [-0.05, 0) is 50.2 Å². The van der Waals surface area contributed by atoms with Gasteiger partial charge in [-0.15, -0.1) is 0 Å². The van der Waals surface area contributed by atoms with E-state index in [9.17, 15) is 24.3 Å². The molecule has 0 fully saturated rings. The standard InChI is InChI=1S/C26H40N8O5/c1-14(2)11-21(34-23(36)18(27)12-16-13-31-19-8-5-4-7-17(16)19)24(37)32-15(3)22(35)33-20(25(38)39)9-6-10-30-26(28)29/h4-5,7-8,13-15,18,20-21,31H,6,9-12,27H2,1-3H3,(H,32,37)(H,33,35)(H,34,36)(H,38,39)(H4,28,29,30). The first-order valence-corrected chi connectivity index (χ1v) is 12.9. The number of hydrogen-bond donors (Lipinski definition) is 8. The van der Waals surface area contributed by atoms with Crippen molar-refractivity contribution in [3.63, 3.8) is 0 Å². The molecule has 0 bridgehead atoms. The van der Waals surface area contributed by atoms with Gasteiger partial charge in [-0.3, -0.25) is 19.4 Å². The monoisotopic (exact) mass is 544 g/mol. The minimum Gasteiger partial charge on any atom is -0.480 e. The van der Waals surface area contributed by atoms with E-state index in [-0.39, 0.29) is 31.3 Å². The number of carbonyl (C=O) groups is 4. The van der Waals surface area contributed by atoms with Gasteiger partial charge in [-0.1, -0.05) is 32.0 Å². The molecule has 0 spiro atoms. The molecule has 0 saturated heterocycles. The zero-order valence-electron chi connectivity index (χ0n) is 22.6. The third-order valence-corrected chi connectivity index (χ3v) is 6.10. The molecular formula is C26H40N8O5. The van der Waals surface area contributed by atoms with E-state index in [1.165, 1.54) is 6.92 Å². The normalized spacial score (nSPS) is 14.2. The fourth-order valence-corrected chi connectivity index (χ4v) is 4.05. The van der Waals surface area contributed by atoms with Crippen LogP contribution in [0.2, 0.25) is 0 Å². The average Bonchev–Trinajstić information content (AvgIpc) is 3.27. The van der Waals surface area contributed by atoms with Crippen molar-refractivity contribution in [3.8, 4) is 0 Å². The van der Waals surface area contributed by atoms with Crippen molar-refractivity contribution >= 4 is 40.6 Å². The van der Waals surface area contributed by atoms with Gasteiger partial charge in [0.15, 0.2) is 5.96 Å². The van der Waals surface area contributed by atoms with Crippen molar-refractivity contribution in [2.75, 3.05) is 6.54 Å². The summed E-state index contributed by atoms with van der Waals surface area (Å²) in [6, 6.07) is 3.60. The van der Waals surface area contributed by atoms with E-state index in [0.717, 1.165) is 16.5 Å². The lowest BCUT2D eigenvalue weighted by Gasteiger charge is -2.24. The first kappa shape index (κ1) is 31.1. The molecule has 4 atom stereocenters. The summed E-state index contributed by atoms with van der Waals surface area (Å²) in [5.41, 5.74) is 18.5. The second kappa shape index (κ2) is 14.7. The molecule has 0 aliphatic rings. The number of nitrogens with two attached hydrogens (primary N) is 3. The van der Waals surface area contributed by atoms with Gasteiger partial charge in [-0.2, -0.15) is 0 Å². The molecule has 214 valence electrons. The summed E-state index contributed by atoms with van der Waals surface area (Å²) in [5.74, 6) is -3.02. The van der Waals surface area contributed by atoms with Gasteiger partial charge >= 0.3 is 5.97 Å². The number of para-hydroxylation sites is 1. The molecule has 2 rings (SSSR count). The number of rotatable bonds is 15. The number of aromatic amines is 1. The fraction of sp³-hybridized carbons (Fsp3) is 0.500. The van der Waals surface area contributed by atoms with Crippen LogP contribution in [0.25, 0.3) is 10.9 Å². The van der Waals surface area contributed by atoms with Crippen molar-refractivity contribution in [2.24, 2.45) is 28.1 Å². The van der Waals surface area contributed by atoms with Gasteiger partial charge < -0.3 is 43.2 Å². The van der Waals surface area contributed by atoms with E-state index in [1.807, 2.05) is 44.3 Å². The smallest absolute Gasteiger partial charge is 0.326 e. The minimum absolute atomic E-state index is 0.0524. The van der Waals surface area contributed by atoms with Crippen LogP contribution >= 0.6 is 0 Å². The molecule has 4 unspecified atom stereocenters. The SMILES string of the molecule is CC(C)CC(NC(=O)C(N)Cc1c[nH]c2ccccc12)C(=O)NC(C)C(=O)NC(CCCN=C(N)N)C(=O)O. The second-order valence-corrected chi connectivity index (χ2v) is 9.94. The van der Waals surface area contributed by atoms with E-state index in [4.69, 9.17) is 17.2 Å². The average molecular weight is 545 g/mol.